The number of nitrogens with one attached hydrogen (secondary N) is 1. The number of H-pyrrole nitrogens is 1. The van der Waals surface area contributed by atoms with Crippen LogP contribution in [0.15, 0.2) is 59.4 Å². The third-order valence-corrected chi connectivity index (χ3v) is 3.97. The summed E-state index contributed by atoms with van der Waals surface area (Å²) in [6.45, 7) is 1.99. The average molecular weight is 321 g/mol. The zero-order chi connectivity index (χ0) is 16.4. The van der Waals surface area contributed by atoms with E-state index in [1.807, 2.05) is 49.4 Å². The van der Waals surface area contributed by atoms with Crippen LogP contribution in [0.3, 0.4) is 0 Å². The lowest BCUT2D eigenvalue weighted by atomic mass is 9.98. The maximum atomic E-state index is 12.3. The van der Waals surface area contributed by atoms with Crippen molar-refractivity contribution in [3.05, 3.63) is 81.1 Å². The third kappa shape index (κ3) is 2.90. The summed E-state index contributed by atoms with van der Waals surface area (Å²) in [5.74, 6) is 0. The van der Waals surface area contributed by atoms with Gasteiger partial charge in [0.05, 0.1) is 0 Å². The minimum Gasteiger partial charge on any atom is -0.321 e. The average Bonchev–Trinajstić information content (AvgIpc) is 2.54. The van der Waals surface area contributed by atoms with E-state index in [4.69, 9.17) is 11.6 Å². The minimum atomic E-state index is -0.415. The molecule has 0 unspecified atom stereocenters. The highest BCUT2D eigenvalue weighted by Crippen LogP contribution is 2.31. The number of halogens is 1. The fourth-order valence-corrected chi connectivity index (χ4v) is 2.77. The molecule has 3 nitrogen and oxygen atoms in total. The number of benzene rings is 2. The number of aromatic nitrogens is 1. The molecule has 0 radical (unpaired) electrons. The van der Waals surface area contributed by atoms with Crippen LogP contribution in [0.25, 0.3) is 22.4 Å². The molecule has 0 spiro atoms. The summed E-state index contributed by atoms with van der Waals surface area (Å²) in [5.41, 5.74) is 3.50. The standard InChI is InChI=1S/C19H13ClN2O/c1-12-5-4-6-13(9-12)18-10-15(16(11-21)19(23)22-18)14-7-2-3-8-17(14)20/h2-10H,1H3,(H,22,23). The maximum absolute atomic E-state index is 12.3. The van der Waals surface area contributed by atoms with Crippen molar-refractivity contribution in [2.75, 3.05) is 0 Å². The Morgan fingerprint density at radius 3 is 2.52 bits per heavy atom. The fourth-order valence-electron chi connectivity index (χ4n) is 2.53. The highest BCUT2D eigenvalue weighted by atomic mass is 35.5. The lowest BCUT2D eigenvalue weighted by molar-refractivity contribution is 1.22. The van der Waals surface area contributed by atoms with Gasteiger partial charge in [-0.25, -0.2) is 0 Å². The molecule has 1 heterocycles. The van der Waals surface area contributed by atoms with E-state index in [1.165, 1.54) is 0 Å². The maximum Gasteiger partial charge on any atom is 0.266 e. The number of rotatable bonds is 2. The normalized spacial score (nSPS) is 10.3. The highest BCUT2D eigenvalue weighted by Gasteiger charge is 2.14. The molecule has 0 aliphatic carbocycles. The molecular weight excluding hydrogens is 308 g/mol. The number of aromatic amines is 1. The van der Waals surface area contributed by atoms with Gasteiger partial charge in [0.15, 0.2) is 0 Å². The Balaban J connectivity index is 2.30. The zero-order valence-corrected chi connectivity index (χ0v) is 13.2. The van der Waals surface area contributed by atoms with Gasteiger partial charge in [0, 0.05) is 21.8 Å². The van der Waals surface area contributed by atoms with Gasteiger partial charge in [-0.2, -0.15) is 5.26 Å². The molecule has 112 valence electrons. The molecular formula is C19H13ClN2O. The van der Waals surface area contributed by atoms with E-state index in [0.717, 1.165) is 11.1 Å². The number of pyridine rings is 1. The second-order valence-electron chi connectivity index (χ2n) is 5.26. The van der Waals surface area contributed by atoms with Crippen molar-refractivity contribution in [3.8, 4) is 28.5 Å². The predicted octanol–water partition coefficient (Wildman–Crippen LogP) is 4.54. The van der Waals surface area contributed by atoms with E-state index in [2.05, 4.69) is 4.98 Å². The van der Waals surface area contributed by atoms with Crippen LogP contribution in [-0.2, 0) is 0 Å². The molecule has 0 aliphatic heterocycles. The molecule has 4 heteroatoms. The topological polar surface area (TPSA) is 56.6 Å². The molecule has 0 amide bonds. The highest BCUT2D eigenvalue weighted by molar-refractivity contribution is 6.33. The Morgan fingerprint density at radius 1 is 1.04 bits per heavy atom. The lowest BCUT2D eigenvalue weighted by Gasteiger charge is -2.10. The molecule has 3 rings (SSSR count). The van der Waals surface area contributed by atoms with Crippen LogP contribution in [0.5, 0.6) is 0 Å². The van der Waals surface area contributed by atoms with E-state index in [0.29, 0.717) is 21.8 Å². The number of aryl methyl sites for hydroxylation is 1. The summed E-state index contributed by atoms with van der Waals surface area (Å²) in [4.78, 5) is 15.1. The van der Waals surface area contributed by atoms with Crippen LogP contribution >= 0.6 is 11.6 Å². The first-order valence-electron chi connectivity index (χ1n) is 7.09. The van der Waals surface area contributed by atoms with E-state index >= 15 is 0 Å². The van der Waals surface area contributed by atoms with Crippen molar-refractivity contribution in [2.24, 2.45) is 0 Å². The molecule has 0 saturated heterocycles. The molecule has 0 saturated carbocycles. The number of nitrogens with zero attached hydrogens (tertiary/aromatic N) is 1. The zero-order valence-electron chi connectivity index (χ0n) is 12.4. The monoisotopic (exact) mass is 320 g/mol. The number of hydrogen-bond acceptors (Lipinski definition) is 2. The van der Waals surface area contributed by atoms with Crippen LogP contribution in [0, 0.1) is 18.3 Å². The molecule has 0 aliphatic rings. The van der Waals surface area contributed by atoms with Crippen LogP contribution in [0.2, 0.25) is 5.02 Å². The van der Waals surface area contributed by atoms with E-state index in [-0.39, 0.29) is 5.56 Å². The van der Waals surface area contributed by atoms with Crippen molar-refractivity contribution in [1.29, 1.82) is 5.26 Å². The molecule has 23 heavy (non-hydrogen) atoms. The summed E-state index contributed by atoms with van der Waals surface area (Å²) in [6.07, 6.45) is 0. The first-order chi connectivity index (χ1) is 11.1. The number of hydrogen-bond donors (Lipinski definition) is 1. The smallest absolute Gasteiger partial charge is 0.266 e. The van der Waals surface area contributed by atoms with Crippen molar-refractivity contribution in [1.82, 2.24) is 4.98 Å². The molecule has 0 fully saturated rings. The van der Waals surface area contributed by atoms with Gasteiger partial charge in [0.2, 0.25) is 0 Å². The second-order valence-corrected chi connectivity index (χ2v) is 5.67. The van der Waals surface area contributed by atoms with Crippen LogP contribution in [0.4, 0.5) is 0 Å². The Bertz CT molecular complexity index is 983. The Hall–Kier alpha value is -2.83. The van der Waals surface area contributed by atoms with Gasteiger partial charge < -0.3 is 4.98 Å². The summed E-state index contributed by atoms with van der Waals surface area (Å²) in [5, 5.41) is 9.85. The predicted molar refractivity (Wildman–Crippen MR) is 92.4 cm³/mol. The molecule has 1 N–H and O–H groups in total. The Morgan fingerprint density at radius 2 is 1.83 bits per heavy atom. The van der Waals surface area contributed by atoms with Gasteiger partial charge in [-0.1, -0.05) is 53.6 Å². The Labute approximate surface area is 138 Å². The quantitative estimate of drug-likeness (QED) is 0.753. The SMILES string of the molecule is Cc1cccc(-c2cc(-c3ccccc3Cl)c(C#N)c(=O)[nH]2)c1. The second kappa shape index (κ2) is 6.12. The number of nitriles is 1. The van der Waals surface area contributed by atoms with Gasteiger partial charge in [-0.15, -0.1) is 0 Å². The van der Waals surface area contributed by atoms with Crippen LogP contribution in [0.1, 0.15) is 11.1 Å². The molecule has 0 bridgehead atoms. The third-order valence-electron chi connectivity index (χ3n) is 3.64. The fraction of sp³-hybridized carbons (Fsp3) is 0.0526. The van der Waals surface area contributed by atoms with Crippen molar-refractivity contribution in [3.63, 3.8) is 0 Å². The van der Waals surface area contributed by atoms with Crippen molar-refractivity contribution in [2.45, 2.75) is 6.92 Å². The van der Waals surface area contributed by atoms with Crippen LogP contribution in [-0.4, -0.2) is 4.98 Å². The molecule has 3 aromatic rings. The van der Waals surface area contributed by atoms with E-state index in [9.17, 15) is 10.1 Å². The van der Waals surface area contributed by atoms with Gasteiger partial charge >= 0.3 is 0 Å². The largest absolute Gasteiger partial charge is 0.321 e. The van der Waals surface area contributed by atoms with E-state index < -0.39 is 5.56 Å². The molecule has 2 aromatic carbocycles. The molecule has 1 aromatic heterocycles. The summed E-state index contributed by atoms with van der Waals surface area (Å²) in [7, 11) is 0. The summed E-state index contributed by atoms with van der Waals surface area (Å²) < 4.78 is 0. The first kappa shape index (κ1) is 15.1. The van der Waals surface area contributed by atoms with E-state index in [1.54, 1.807) is 18.2 Å². The summed E-state index contributed by atoms with van der Waals surface area (Å²) in [6, 6.07) is 18.8. The van der Waals surface area contributed by atoms with Crippen molar-refractivity contribution >= 4 is 11.6 Å². The van der Waals surface area contributed by atoms with Crippen molar-refractivity contribution < 1.29 is 0 Å². The van der Waals surface area contributed by atoms with Gasteiger partial charge in [0.25, 0.3) is 5.56 Å². The summed E-state index contributed by atoms with van der Waals surface area (Å²) >= 11 is 6.24. The lowest BCUT2D eigenvalue weighted by Crippen LogP contribution is -2.12. The van der Waals surface area contributed by atoms with Gasteiger partial charge in [-0.3, -0.25) is 4.79 Å². The minimum absolute atomic E-state index is 0.0644. The van der Waals surface area contributed by atoms with Crippen LogP contribution < -0.4 is 5.56 Å². The van der Waals surface area contributed by atoms with Gasteiger partial charge in [0.1, 0.15) is 11.6 Å². The Kier molecular flexibility index (Phi) is 4.01. The molecule has 0 atom stereocenters. The first-order valence-corrected chi connectivity index (χ1v) is 7.47. The van der Waals surface area contributed by atoms with Gasteiger partial charge in [-0.05, 0) is 30.7 Å².